The van der Waals surface area contributed by atoms with Crippen LogP contribution in [0.5, 0.6) is 5.75 Å². The second-order valence-corrected chi connectivity index (χ2v) is 11.2. The number of piperidine rings is 1. The highest BCUT2D eigenvalue weighted by Crippen LogP contribution is 2.27. The lowest BCUT2D eigenvalue weighted by Gasteiger charge is -2.34. The minimum absolute atomic E-state index is 0.0115. The van der Waals surface area contributed by atoms with E-state index in [9.17, 15) is 13.2 Å². The van der Waals surface area contributed by atoms with Gasteiger partial charge in [-0.3, -0.25) is 4.79 Å². The predicted molar refractivity (Wildman–Crippen MR) is 130 cm³/mol. The molecule has 1 aliphatic heterocycles. The molecule has 0 bridgehead atoms. The number of sulfonamides is 1. The van der Waals surface area contributed by atoms with Crippen LogP contribution in [0, 0.1) is 11.8 Å². The van der Waals surface area contributed by atoms with Crippen molar-refractivity contribution in [1.82, 2.24) is 14.5 Å². The third-order valence-corrected chi connectivity index (χ3v) is 8.02. The first-order valence-electron chi connectivity index (χ1n) is 11.3. The van der Waals surface area contributed by atoms with Crippen LogP contribution in [-0.4, -0.2) is 64.4 Å². The summed E-state index contributed by atoms with van der Waals surface area (Å²) in [7, 11) is 1.99. The number of hydrogen-bond donors (Lipinski definition) is 1. The normalized spacial score (nSPS) is 20.4. The van der Waals surface area contributed by atoms with Gasteiger partial charge in [-0.1, -0.05) is 26.0 Å². The number of hydrogen-bond acceptors (Lipinski definition) is 5. The molecule has 1 N–H and O–H groups in total. The second-order valence-electron chi connectivity index (χ2n) is 9.26. The number of carbonyl (C=O) groups excluding carboxylic acids is 1. The van der Waals surface area contributed by atoms with Gasteiger partial charge in [-0.25, -0.2) is 8.42 Å². The zero-order valence-electron chi connectivity index (χ0n) is 20.1. The van der Waals surface area contributed by atoms with E-state index in [0.29, 0.717) is 37.0 Å². The lowest BCUT2D eigenvalue weighted by molar-refractivity contribution is 0.0941. The van der Waals surface area contributed by atoms with Crippen LogP contribution in [-0.2, 0) is 10.0 Å². The van der Waals surface area contributed by atoms with Crippen LogP contribution in [0.1, 0.15) is 42.2 Å². The van der Waals surface area contributed by atoms with Gasteiger partial charge in [0.15, 0.2) is 0 Å². The summed E-state index contributed by atoms with van der Waals surface area (Å²) >= 11 is 0. The van der Waals surface area contributed by atoms with E-state index in [1.807, 2.05) is 43.3 Å². The van der Waals surface area contributed by atoms with E-state index in [1.165, 1.54) is 12.1 Å². The van der Waals surface area contributed by atoms with Crippen LogP contribution < -0.4 is 10.1 Å². The lowest BCUT2D eigenvalue weighted by atomic mass is 9.94. The van der Waals surface area contributed by atoms with Crippen LogP contribution in [0.2, 0.25) is 0 Å². The SMILES string of the molecule is COc1ccc([C@H](CNC(=O)c2ccc(S(=O)(=O)N3C[C@H](C)C[C@@H](C)C3)cc2)N(C)C)cc1. The number of amides is 1. The van der Waals surface area contributed by atoms with Crippen molar-refractivity contribution in [1.29, 1.82) is 0 Å². The Kier molecular flexibility index (Phi) is 8.15. The lowest BCUT2D eigenvalue weighted by Crippen LogP contribution is -2.42. The summed E-state index contributed by atoms with van der Waals surface area (Å²) in [6.07, 6.45) is 1.04. The zero-order chi connectivity index (χ0) is 24.2. The molecule has 180 valence electrons. The van der Waals surface area contributed by atoms with E-state index >= 15 is 0 Å². The molecule has 1 saturated heterocycles. The van der Waals surface area contributed by atoms with Crippen LogP contribution >= 0.6 is 0 Å². The van der Waals surface area contributed by atoms with E-state index in [1.54, 1.807) is 23.5 Å². The number of benzene rings is 2. The number of ether oxygens (including phenoxy) is 1. The molecular weight excluding hydrogens is 438 g/mol. The molecule has 1 fully saturated rings. The molecule has 0 aromatic heterocycles. The number of carbonyl (C=O) groups is 1. The molecule has 0 saturated carbocycles. The first kappa shape index (κ1) is 25.2. The Morgan fingerprint density at radius 2 is 1.64 bits per heavy atom. The number of likely N-dealkylation sites (N-methyl/N-ethyl adjacent to an activating group) is 1. The molecule has 2 aromatic carbocycles. The van der Waals surface area contributed by atoms with Crippen LogP contribution in [0.25, 0.3) is 0 Å². The van der Waals surface area contributed by atoms with Gasteiger partial charge >= 0.3 is 0 Å². The fourth-order valence-corrected chi connectivity index (χ4v) is 6.13. The quantitative estimate of drug-likeness (QED) is 0.636. The Hall–Kier alpha value is -2.42. The van der Waals surface area contributed by atoms with Crippen LogP contribution in [0.3, 0.4) is 0 Å². The van der Waals surface area contributed by atoms with Crippen molar-refractivity contribution in [3.05, 3.63) is 59.7 Å². The Morgan fingerprint density at radius 1 is 1.06 bits per heavy atom. The predicted octanol–water partition coefficient (Wildman–Crippen LogP) is 3.39. The molecule has 1 aliphatic rings. The maximum atomic E-state index is 13.1. The summed E-state index contributed by atoms with van der Waals surface area (Å²) in [5, 5.41) is 2.97. The van der Waals surface area contributed by atoms with E-state index in [0.717, 1.165) is 17.7 Å². The minimum atomic E-state index is -3.56. The van der Waals surface area contributed by atoms with Crippen LogP contribution in [0.4, 0.5) is 0 Å². The van der Waals surface area contributed by atoms with Crippen molar-refractivity contribution in [3.63, 3.8) is 0 Å². The second kappa shape index (κ2) is 10.7. The average molecular weight is 474 g/mol. The monoisotopic (exact) mass is 473 g/mol. The summed E-state index contributed by atoms with van der Waals surface area (Å²) < 4.78 is 32.9. The molecular formula is C25H35N3O4S. The average Bonchev–Trinajstić information content (AvgIpc) is 2.78. The van der Waals surface area contributed by atoms with Crippen LogP contribution in [0.15, 0.2) is 53.4 Å². The Balaban J connectivity index is 1.66. The van der Waals surface area contributed by atoms with Crippen molar-refractivity contribution < 1.29 is 17.9 Å². The highest BCUT2D eigenvalue weighted by Gasteiger charge is 2.31. The maximum absolute atomic E-state index is 13.1. The molecule has 1 amide bonds. The van der Waals surface area contributed by atoms with Gasteiger partial charge in [0, 0.05) is 25.2 Å². The summed E-state index contributed by atoms with van der Waals surface area (Å²) in [6, 6.07) is 14.0. The fourth-order valence-electron chi connectivity index (χ4n) is 4.45. The van der Waals surface area contributed by atoms with Crippen molar-refractivity contribution in [2.45, 2.75) is 31.2 Å². The van der Waals surface area contributed by atoms with Gasteiger partial charge in [0.05, 0.1) is 18.0 Å². The summed E-state index contributed by atoms with van der Waals surface area (Å²) in [4.78, 5) is 15.0. The molecule has 0 aliphatic carbocycles. The summed E-state index contributed by atoms with van der Waals surface area (Å²) in [5.41, 5.74) is 1.49. The molecule has 1 heterocycles. The van der Waals surface area contributed by atoms with E-state index in [-0.39, 0.29) is 16.8 Å². The van der Waals surface area contributed by atoms with Gasteiger partial charge in [0.25, 0.3) is 5.91 Å². The van der Waals surface area contributed by atoms with E-state index in [4.69, 9.17) is 4.74 Å². The highest BCUT2D eigenvalue weighted by atomic mass is 32.2. The van der Waals surface area contributed by atoms with Gasteiger partial charge in [0.2, 0.25) is 10.0 Å². The molecule has 0 spiro atoms. The third-order valence-electron chi connectivity index (χ3n) is 6.17. The van der Waals surface area contributed by atoms with Gasteiger partial charge in [0.1, 0.15) is 5.75 Å². The molecule has 7 nitrogen and oxygen atoms in total. The van der Waals surface area contributed by atoms with Gasteiger partial charge in [-0.05, 0) is 74.3 Å². The summed E-state index contributed by atoms with van der Waals surface area (Å²) in [5.74, 6) is 1.22. The number of methoxy groups -OCH3 is 1. The number of nitrogens with one attached hydrogen (secondary N) is 1. The largest absolute Gasteiger partial charge is 0.497 e. The smallest absolute Gasteiger partial charge is 0.251 e. The number of nitrogens with zero attached hydrogens (tertiary/aromatic N) is 2. The van der Waals surface area contributed by atoms with Crippen molar-refractivity contribution in [2.24, 2.45) is 11.8 Å². The van der Waals surface area contributed by atoms with E-state index < -0.39 is 10.0 Å². The van der Waals surface area contributed by atoms with E-state index in [2.05, 4.69) is 19.2 Å². The van der Waals surface area contributed by atoms with Gasteiger partial charge < -0.3 is 15.0 Å². The van der Waals surface area contributed by atoms with Crippen molar-refractivity contribution in [2.75, 3.05) is 40.8 Å². The minimum Gasteiger partial charge on any atom is -0.497 e. The first-order chi connectivity index (χ1) is 15.6. The molecule has 0 unspecified atom stereocenters. The first-order valence-corrected chi connectivity index (χ1v) is 12.7. The third kappa shape index (κ3) is 6.13. The summed E-state index contributed by atoms with van der Waals surface area (Å²) in [6.45, 7) is 5.65. The molecule has 2 aromatic rings. The van der Waals surface area contributed by atoms with Crippen molar-refractivity contribution >= 4 is 15.9 Å². The Labute approximate surface area is 197 Å². The highest BCUT2D eigenvalue weighted by molar-refractivity contribution is 7.89. The molecule has 3 rings (SSSR count). The molecule has 8 heteroatoms. The maximum Gasteiger partial charge on any atom is 0.251 e. The zero-order valence-corrected chi connectivity index (χ0v) is 20.9. The number of rotatable bonds is 8. The topological polar surface area (TPSA) is 78.9 Å². The molecule has 0 radical (unpaired) electrons. The van der Waals surface area contributed by atoms with Crippen molar-refractivity contribution in [3.8, 4) is 5.75 Å². The molecule has 3 atom stereocenters. The fraction of sp³-hybridized carbons (Fsp3) is 0.480. The Morgan fingerprint density at radius 3 is 2.15 bits per heavy atom. The Bertz CT molecular complexity index is 1030. The molecule has 33 heavy (non-hydrogen) atoms. The van der Waals surface area contributed by atoms with Gasteiger partial charge in [-0.15, -0.1) is 0 Å². The van der Waals surface area contributed by atoms with Gasteiger partial charge in [-0.2, -0.15) is 4.31 Å². The standard InChI is InChI=1S/C25H35N3O4S/c1-18-14-19(2)17-28(16-18)33(30,31)23-12-8-21(9-13-23)25(29)26-15-24(27(3)4)20-6-10-22(32-5)11-7-20/h6-13,18-19,24H,14-17H2,1-5H3,(H,26,29)/t18-,19-,24+/m1/s1.